The molecule has 4 heteroatoms. The van der Waals surface area contributed by atoms with Gasteiger partial charge in [0.15, 0.2) is 0 Å². The second-order valence-corrected chi connectivity index (χ2v) is 7.53. The molecular weight excluding hydrogens is 256 g/mol. The SMILES string of the molecule is CC1CN(C(CN)c2ccc(C3CC3C)o2)CCS1. The monoisotopic (exact) mass is 280 g/mol. The highest BCUT2D eigenvalue weighted by Crippen LogP contribution is 2.47. The van der Waals surface area contributed by atoms with Gasteiger partial charge in [-0.25, -0.2) is 0 Å². The normalized spacial score (nSPS) is 33.3. The third-order valence-corrected chi connectivity index (χ3v) is 5.52. The van der Waals surface area contributed by atoms with Gasteiger partial charge in [-0.05, 0) is 24.5 Å². The van der Waals surface area contributed by atoms with Crippen molar-refractivity contribution in [2.75, 3.05) is 25.4 Å². The van der Waals surface area contributed by atoms with Gasteiger partial charge in [-0.2, -0.15) is 11.8 Å². The summed E-state index contributed by atoms with van der Waals surface area (Å²) in [7, 11) is 0. The van der Waals surface area contributed by atoms with Gasteiger partial charge >= 0.3 is 0 Å². The van der Waals surface area contributed by atoms with Crippen LogP contribution in [0, 0.1) is 5.92 Å². The summed E-state index contributed by atoms with van der Waals surface area (Å²) >= 11 is 2.05. The lowest BCUT2D eigenvalue weighted by Crippen LogP contribution is -2.41. The highest BCUT2D eigenvalue weighted by molar-refractivity contribution is 7.99. The Morgan fingerprint density at radius 2 is 2.26 bits per heavy atom. The number of hydrogen-bond donors (Lipinski definition) is 1. The van der Waals surface area contributed by atoms with Gasteiger partial charge in [0.1, 0.15) is 11.5 Å². The maximum absolute atomic E-state index is 6.09. The molecule has 4 unspecified atom stereocenters. The van der Waals surface area contributed by atoms with Gasteiger partial charge in [0.05, 0.1) is 6.04 Å². The zero-order chi connectivity index (χ0) is 13.4. The standard InChI is InChI=1S/C15H24N2OS/c1-10-7-12(10)14-3-4-15(18-14)13(8-16)17-5-6-19-11(2)9-17/h3-4,10-13H,5-9,16H2,1-2H3. The molecule has 1 aromatic rings. The molecule has 0 spiro atoms. The molecule has 1 saturated heterocycles. The zero-order valence-electron chi connectivity index (χ0n) is 11.8. The molecule has 1 aromatic heterocycles. The van der Waals surface area contributed by atoms with E-state index in [4.69, 9.17) is 10.2 Å². The van der Waals surface area contributed by atoms with Gasteiger partial charge in [-0.1, -0.05) is 13.8 Å². The van der Waals surface area contributed by atoms with Crippen LogP contribution in [0.25, 0.3) is 0 Å². The summed E-state index contributed by atoms with van der Waals surface area (Å²) in [4.78, 5) is 2.49. The molecule has 3 nitrogen and oxygen atoms in total. The second kappa shape index (κ2) is 5.51. The minimum absolute atomic E-state index is 0.256. The van der Waals surface area contributed by atoms with E-state index in [1.165, 1.54) is 17.9 Å². The Morgan fingerprint density at radius 1 is 1.47 bits per heavy atom. The first-order valence-corrected chi connectivity index (χ1v) is 8.39. The van der Waals surface area contributed by atoms with Crippen LogP contribution in [0.3, 0.4) is 0 Å². The van der Waals surface area contributed by atoms with E-state index in [1.54, 1.807) is 0 Å². The quantitative estimate of drug-likeness (QED) is 0.921. The van der Waals surface area contributed by atoms with Crippen molar-refractivity contribution in [3.8, 4) is 0 Å². The summed E-state index contributed by atoms with van der Waals surface area (Å²) in [6.07, 6.45) is 1.28. The largest absolute Gasteiger partial charge is 0.464 e. The van der Waals surface area contributed by atoms with E-state index in [2.05, 4.69) is 42.6 Å². The van der Waals surface area contributed by atoms with Crippen molar-refractivity contribution in [1.29, 1.82) is 0 Å². The maximum Gasteiger partial charge on any atom is 0.122 e. The van der Waals surface area contributed by atoms with Crippen LogP contribution in [0.4, 0.5) is 0 Å². The fourth-order valence-corrected chi connectivity index (χ4v) is 4.08. The Labute approximate surface area is 119 Å². The van der Waals surface area contributed by atoms with Gasteiger partial charge in [-0.15, -0.1) is 0 Å². The average molecular weight is 280 g/mol. The predicted octanol–water partition coefficient (Wildman–Crippen LogP) is 2.84. The summed E-state index contributed by atoms with van der Waals surface area (Å²) in [5.41, 5.74) is 6.00. The molecular formula is C15H24N2OS. The van der Waals surface area contributed by atoms with Gasteiger partial charge in [0.25, 0.3) is 0 Å². The van der Waals surface area contributed by atoms with Crippen LogP contribution in [-0.2, 0) is 0 Å². The van der Waals surface area contributed by atoms with Crippen LogP contribution < -0.4 is 5.73 Å². The fraction of sp³-hybridized carbons (Fsp3) is 0.733. The van der Waals surface area contributed by atoms with Crippen LogP contribution in [0.1, 0.15) is 43.7 Å². The summed E-state index contributed by atoms with van der Waals surface area (Å²) in [6, 6.07) is 4.56. The number of furan rings is 1. The Balaban J connectivity index is 1.72. The lowest BCUT2D eigenvalue weighted by Gasteiger charge is -2.35. The Kier molecular flexibility index (Phi) is 3.92. The van der Waals surface area contributed by atoms with E-state index >= 15 is 0 Å². The molecule has 2 aliphatic rings. The van der Waals surface area contributed by atoms with E-state index in [1.807, 2.05) is 0 Å². The van der Waals surface area contributed by atoms with Crippen LogP contribution in [0.15, 0.2) is 16.5 Å². The lowest BCUT2D eigenvalue weighted by molar-refractivity contribution is 0.185. The molecule has 1 aliphatic heterocycles. The molecule has 2 N–H and O–H groups in total. The lowest BCUT2D eigenvalue weighted by atomic mass is 10.1. The minimum Gasteiger partial charge on any atom is -0.464 e. The molecule has 0 amide bonds. The molecule has 19 heavy (non-hydrogen) atoms. The van der Waals surface area contributed by atoms with Crippen molar-refractivity contribution >= 4 is 11.8 Å². The van der Waals surface area contributed by atoms with Crippen LogP contribution in [0.2, 0.25) is 0 Å². The van der Waals surface area contributed by atoms with Crippen LogP contribution in [0.5, 0.6) is 0 Å². The Morgan fingerprint density at radius 3 is 2.89 bits per heavy atom. The van der Waals surface area contributed by atoms with E-state index in [9.17, 15) is 0 Å². The number of thioether (sulfide) groups is 1. The molecule has 3 rings (SSSR count). The summed E-state index contributed by atoms with van der Waals surface area (Å²) in [5.74, 6) is 4.88. The first-order valence-electron chi connectivity index (χ1n) is 7.34. The molecule has 106 valence electrons. The van der Waals surface area contributed by atoms with Crippen LogP contribution in [-0.4, -0.2) is 35.5 Å². The van der Waals surface area contributed by atoms with Crippen LogP contribution >= 0.6 is 11.8 Å². The van der Waals surface area contributed by atoms with Crippen molar-refractivity contribution in [2.45, 2.75) is 37.5 Å². The molecule has 0 radical (unpaired) electrons. The number of nitrogens with zero attached hydrogens (tertiary/aromatic N) is 1. The Bertz CT molecular complexity index is 434. The second-order valence-electron chi connectivity index (χ2n) is 5.99. The molecule has 0 bridgehead atoms. The third-order valence-electron chi connectivity index (χ3n) is 4.39. The van der Waals surface area contributed by atoms with Crippen molar-refractivity contribution in [3.05, 3.63) is 23.7 Å². The number of hydrogen-bond acceptors (Lipinski definition) is 4. The van der Waals surface area contributed by atoms with Gasteiger partial charge in [0, 0.05) is 36.6 Å². The zero-order valence-corrected chi connectivity index (χ0v) is 12.7. The maximum atomic E-state index is 6.09. The first-order chi connectivity index (χ1) is 9.19. The molecule has 4 atom stereocenters. The molecule has 2 fully saturated rings. The molecule has 1 aliphatic carbocycles. The third kappa shape index (κ3) is 2.86. The van der Waals surface area contributed by atoms with Crippen molar-refractivity contribution in [3.63, 3.8) is 0 Å². The smallest absolute Gasteiger partial charge is 0.122 e. The highest BCUT2D eigenvalue weighted by atomic mass is 32.2. The topological polar surface area (TPSA) is 42.4 Å². The van der Waals surface area contributed by atoms with Gasteiger partial charge in [0.2, 0.25) is 0 Å². The van der Waals surface area contributed by atoms with Gasteiger partial charge < -0.3 is 10.2 Å². The number of rotatable bonds is 4. The molecule has 0 aromatic carbocycles. The minimum atomic E-state index is 0.256. The number of nitrogens with two attached hydrogens (primary N) is 1. The van der Waals surface area contributed by atoms with E-state index in [0.29, 0.717) is 17.7 Å². The van der Waals surface area contributed by atoms with Crippen molar-refractivity contribution in [2.24, 2.45) is 11.7 Å². The summed E-state index contributed by atoms with van der Waals surface area (Å²) in [6.45, 7) is 7.46. The van der Waals surface area contributed by atoms with E-state index in [0.717, 1.165) is 24.8 Å². The molecule has 1 saturated carbocycles. The molecule has 2 heterocycles. The van der Waals surface area contributed by atoms with Crippen molar-refractivity contribution < 1.29 is 4.42 Å². The summed E-state index contributed by atoms with van der Waals surface area (Å²) < 4.78 is 6.09. The highest BCUT2D eigenvalue weighted by Gasteiger charge is 2.37. The average Bonchev–Trinajstić information content (AvgIpc) is 2.93. The Hall–Kier alpha value is -0.450. The first kappa shape index (κ1) is 13.5. The van der Waals surface area contributed by atoms with E-state index < -0.39 is 0 Å². The van der Waals surface area contributed by atoms with Crippen molar-refractivity contribution in [1.82, 2.24) is 4.90 Å². The van der Waals surface area contributed by atoms with Gasteiger partial charge in [-0.3, -0.25) is 4.90 Å². The van der Waals surface area contributed by atoms with E-state index in [-0.39, 0.29) is 6.04 Å². The fourth-order valence-electron chi connectivity index (χ4n) is 3.04. The summed E-state index contributed by atoms with van der Waals surface area (Å²) in [5, 5.41) is 0.695. The predicted molar refractivity (Wildman–Crippen MR) is 80.5 cm³/mol.